The Morgan fingerprint density at radius 2 is 2.12 bits per heavy atom. The Kier molecular flexibility index (Phi) is 6.10. The fourth-order valence-electron chi connectivity index (χ4n) is 1.55. The van der Waals surface area contributed by atoms with E-state index in [1.807, 2.05) is 31.2 Å². The summed E-state index contributed by atoms with van der Waals surface area (Å²) < 4.78 is 0. The number of aryl methyl sites for hydroxylation is 1. The molecule has 1 rings (SSSR count). The highest BCUT2D eigenvalue weighted by Gasteiger charge is 2.00. The molecule has 0 aliphatic rings. The van der Waals surface area contributed by atoms with Gasteiger partial charge in [-0.15, -0.1) is 0 Å². The van der Waals surface area contributed by atoms with E-state index in [1.54, 1.807) is 0 Å². The highest BCUT2D eigenvalue weighted by Crippen LogP contribution is 2.08. The van der Waals surface area contributed by atoms with Gasteiger partial charge in [-0.2, -0.15) is 0 Å². The Morgan fingerprint density at radius 3 is 2.82 bits per heavy atom. The molecule has 0 fully saturated rings. The zero-order valence-corrected chi connectivity index (χ0v) is 10.3. The summed E-state index contributed by atoms with van der Waals surface area (Å²) in [4.78, 5) is 11.5. The number of anilines is 1. The quantitative estimate of drug-likeness (QED) is 0.662. The number of hydrogen-bond acceptors (Lipinski definition) is 2. The van der Waals surface area contributed by atoms with Gasteiger partial charge in [0.1, 0.15) is 0 Å². The van der Waals surface area contributed by atoms with Crippen molar-refractivity contribution in [2.45, 2.75) is 26.2 Å². The molecule has 4 nitrogen and oxygen atoms in total. The minimum absolute atomic E-state index is 0.150. The molecule has 17 heavy (non-hydrogen) atoms. The number of nitrogens with one attached hydrogen (secondary N) is 2. The molecule has 94 valence electrons. The van der Waals surface area contributed by atoms with Crippen LogP contribution < -0.4 is 16.4 Å². The second-order valence-electron chi connectivity index (χ2n) is 4.10. The normalized spacial score (nSPS) is 10.0. The van der Waals surface area contributed by atoms with E-state index < -0.39 is 0 Å². The first-order valence-corrected chi connectivity index (χ1v) is 6.04. The highest BCUT2D eigenvalue weighted by molar-refractivity contribution is 5.89. The zero-order valence-electron chi connectivity index (χ0n) is 10.3. The van der Waals surface area contributed by atoms with Crippen molar-refractivity contribution in [3.8, 4) is 0 Å². The van der Waals surface area contributed by atoms with Crippen LogP contribution in [-0.2, 0) is 0 Å². The van der Waals surface area contributed by atoms with Gasteiger partial charge in [-0.05, 0) is 44.0 Å². The average Bonchev–Trinajstić information content (AvgIpc) is 2.29. The number of amides is 2. The monoisotopic (exact) mass is 235 g/mol. The van der Waals surface area contributed by atoms with Crippen molar-refractivity contribution in [2.24, 2.45) is 5.73 Å². The third-order valence-corrected chi connectivity index (χ3v) is 2.44. The van der Waals surface area contributed by atoms with Gasteiger partial charge in [-0.3, -0.25) is 0 Å². The maximum Gasteiger partial charge on any atom is 0.319 e. The molecule has 0 aliphatic heterocycles. The second-order valence-corrected chi connectivity index (χ2v) is 4.10. The molecule has 0 unspecified atom stereocenters. The molecular formula is C13H21N3O. The topological polar surface area (TPSA) is 67.2 Å². The maximum atomic E-state index is 11.5. The van der Waals surface area contributed by atoms with Gasteiger partial charge in [0.25, 0.3) is 0 Å². The Morgan fingerprint density at radius 1 is 1.29 bits per heavy atom. The molecule has 1 aromatic rings. The predicted octanol–water partition coefficient (Wildman–Crippen LogP) is 2.25. The fourth-order valence-corrected chi connectivity index (χ4v) is 1.55. The average molecular weight is 235 g/mol. The van der Waals surface area contributed by atoms with Crippen LogP contribution in [0.1, 0.15) is 24.8 Å². The highest BCUT2D eigenvalue weighted by atomic mass is 16.2. The number of nitrogens with two attached hydrogens (primary N) is 1. The molecular weight excluding hydrogens is 214 g/mol. The fraction of sp³-hybridized carbons (Fsp3) is 0.462. The SMILES string of the molecule is Cc1cccc(NC(=O)NCCCCCN)c1. The Bertz CT molecular complexity index is 352. The maximum absolute atomic E-state index is 11.5. The molecule has 0 saturated carbocycles. The summed E-state index contributed by atoms with van der Waals surface area (Å²) in [5, 5.41) is 5.62. The molecule has 0 aliphatic carbocycles. The Labute approximate surface area is 103 Å². The Balaban J connectivity index is 2.21. The van der Waals surface area contributed by atoms with Crippen molar-refractivity contribution in [3.05, 3.63) is 29.8 Å². The minimum Gasteiger partial charge on any atom is -0.338 e. The van der Waals surface area contributed by atoms with Crippen molar-refractivity contribution in [1.29, 1.82) is 0 Å². The third-order valence-electron chi connectivity index (χ3n) is 2.44. The van der Waals surface area contributed by atoms with Gasteiger partial charge in [-0.1, -0.05) is 18.6 Å². The van der Waals surface area contributed by atoms with Crippen LogP contribution in [0, 0.1) is 6.92 Å². The number of unbranched alkanes of at least 4 members (excludes halogenated alkanes) is 2. The molecule has 0 heterocycles. The summed E-state index contributed by atoms with van der Waals surface area (Å²) in [5.41, 5.74) is 7.34. The summed E-state index contributed by atoms with van der Waals surface area (Å²) >= 11 is 0. The van der Waals surface area contributed by atoms with E-state index in [0.29, 0.717) is 6.54 Å². The summed E-state index contributed by atoms with van der Waals surface area (Å²) in [5.74, 6) is 0. The van der Waals surface area contributed by atoms with Crippen LogP contribution in [0.15, 0.2) is 24.3 Å². The summed E-state index contributed by atoms with van der Waals surface area (Å²) in [6.07, 6.45) is 3.04. The van der Waals surface area contributed by atoms with E-state index in [2.05, 4.69) is 10.6 Å². The van der Waals surface area contributed by atoms with E-state index in [9.17, 15) is 4.79 Å². The number of urea groups is 1. The van der Waals surface area contributed by atoms with Gasteiger partial charge in [0.2, 0.25) is 0 Å². The van der Waals surface area contributed by atoms with Crippen LogP contribution in [0.2, 0.25) is 0 Å². The van der Waals surface area contributed by atoms with E-state index in [1.165, 1.54) is 0 Å². The molecule has 4 heteroatoms. The summed E-state index contributed by atoms with van der Waals surface area (Å²) in [6.45, 7) is 3.41. The van der Waals surface area contributed by atoms with E-state index in [0.717, 1.165) is 37.1 Å². The minimum atomic E-state index is -0.150. The predicted molar refractivity (Wildman–Crippen MR) is 71.1 cm³/mol. The molecule has 2 amide bonds. The van der Waals surface area contributed by atoms with E-state index in [-0.39, 0.29) is 6.03 Å². The summed E-state index contributed by atoms with van der Waals surface area (Å²) in [6, 6.07) is 7.58. The lowest BCUT2D eigenvalue weighted by molar-refractivity contribution is 0.252. The molecule has 0 aromatic heterocycles. The summed E-state index contributed by atoms with van der Waals surface area (Å²) in [7, 11) is 0. The van der Waals surface area contributed by atoms with Crippen LogP contribution >= 0.6 is 0 Å². The first-order valence-electron chi connectivity index (χ1n) is 6.04. The molecule has 4 N–H and O–H groups in total. The lowest BCUT2D eigenvalue weighted by Crippen LogP contribution is -2.29. The van der Waals surface area contributed by atoms with Crippen LogP contribution in [0.5, 0.6) is 0 Å². The number of benzene rings is 1. The van der Waals surface area contributed by atoms with Gasteiger partial charge < -0.3 is 16.4 Å². The van der Waals surface area contributed by atoms with Crippen LogP contribution in [-0.4, -0.2) is 19.1 Å². The molecule has 1 aromatic carbocycles. The van der Waals surface area contributed by atoms with E-state index in [4.69, 9.17) is 5.73 Å². The lowest BCUT2D eigenvalue weighted by atomic mass is 10.2. The lowest BCUT2D eigenvalue weighted by Gasteiger charge is -2.07. The first kappa shape index (κ1) is 13.5. The number of carbonyl (C=O) groups is 1. The third kappa shape index (κ3) is 5.92. The van der Waals surface area contributed by atoms with E-state index >= 15 is 0 Å². The number of hydrogen-bond donors (Lipinski definition) is 3. The van der Waals surface area contributed by atoms with Crippen molar-refractivity contribution >= 4 is 11.7 Å². The largest absolute Gasteiger partial charge is 0.338 e. The van der Waals surface area contributed by atoms with Crippen molar-refractivity contribution < 1.29 is 4.79 Å². The van der Waals surface area contributed by atoms with Gasteiger partial charge in [0, 0.05) is 12.2 Å². The van der Waals surface area contributed by atoms with Crippen molar-refractivity contribution in [3.63, 3.8) is 0 Å². The second kappa shape index (κ2) is 7.68. The van der Waals surface area contributed by atoms with Gasteiger partial charge in [0.15, 0.2) is 0 Å². The molecule has 0 radical (unpaired) electrons. The van der Waals surface area contributed by atoms with Crippen LogP contribution in [0.4, 0.5) is 10.5 Å². The Hall–Kier alpha value is -1.55. The number of carbonyl (C=O) groups excluding carboxylic acids is 1. The number of rotatable bonds is 6. The first-order chi connectivity index (χ1) is 8.22. The van der Waals surface area contributed by atoms with Gasteiger partial charge >= 0.3 is 6.03 Å². The van der Waals surface area contributed by atoms with Gasteiger partial charge in [-0.25, -0.2) is 4.79 Å². The van der Waals surface area contributed by atoms with Crippen LogP contribution in [0.3, 0.4) is 0 Å². The standard InChI is InChI=1S/C13H21N3O/c1-11-6-5-7-12(10-11)16-13(17)15-9-4-2-3-8-14/h5-7,10H,2-4,8-9,14H2,1H3,(H2,15,16,17). The zero-order chi connectivity index (χ0) is 12.5. The molecule has 0 atom stereocenters. The van der Waals surface area contributed by atoms with Crippen molar-refractivity contribution in [2.75, 3.05) is 18.4 Å². The van der Waals surface area contributed by atoms with Crippen LogP contribution in [0.25, 0.3) is 0 Å². The van der Waals surface area contributed by atoms with Crippen molar-refractivity contribution in [1.82, 2.24) is 5.32 Å². The molecule has 0 saturated heterocycles. The smallest absolute Gasteiger partial charge is 0.319 e. The molecule has 0 spiro atoms. The van der Waals surface area contributed by atoms with Gasteiger partial charge in [0.05, 0.1) is 0 Å². The molecule has 0 bridgehead atoms.